The summed E-state index contributed by atoms with van der Waals surface area (Å²) in [5.41, 5.74) is 1.85. The van der Waals surface area contributed by atoms with Gasteiger partial charge < -0.3 is 25.0 Å². The van der Waals surface area contributed by atoms with Crippen molar-refractivity contribution in [2.45, 2.75) is 103 Å². The van der Waals surface area contributed by atoms with Gasteiger partial charge in [-0.1, -0.05) is 43.7 Å². The molecule has 16 nitrogen and oxygen atoms in total. The Morgan fingerprint density at radius 2 is 1.62 bits per heavy atom. The summed E-state index contributed by atoms with van der Waals surface area (Å²) in [7, 11) is 0. The number of carbonyl (C=O) groups is 8. The molecule has 0 aliphatic carbocycles. The number of amides is 4. The monoisotopic (exact) mass is 963 g/mol. The van der Waals surface area contributed by atoms with Crippen LogP contribution in [0.25, 0.3) is 22.3 Å². The third-order valence-electron chi connectivity index (χ3n) is 12.8. The summed E-state index contributed by atoms with van der Waals surface area (Å²) in [6.07, 6.45) is 4.42. The van der Waals surface area contributed by atoms with Crippen LogP contribution >= 0.6 is 11.8 Å². The van der Waals surface area contributed by atoms with Crippen molar-refractivity contribution < 1.29 is 52.6 Å². The fourth-order valence-corrected chi connectivity index (χ4v) is 9.87. The number of aryl methyl sites for hydroxylation is 1. The van der Waals surface area contributed by atoms with Crippen LogP contribution in [0.5, 0.6) is 0 Å². The minimum Gasteiger partial charge on any atom is -0.458 e. The van der Waals surface area contributed by atoms with Crippen LogP contribution in [0.3, 0.4) is 0 Å². The van der Waals surface area contributed by atoms with Crippen molar-refractivity contribution in [2.24, 2.45) is 5.92 Å². The van der Waals surface area contributed by atoms with Gasteiger partial charge in [0.2, 0.25) is 11.8 Å². The molecule has 0 fully saturated rings. The predicted octanol–water partition coefficient (Wildman–Crippen LogP) is 4.60. The number of carbonyl (C=O) groups excluding carboxylic acids is 8. The summed E-state index contributed by atoms with van der Waals surface area (Å²) in [6.45, 7) is 2.81. The number of fused-ring (bicyclic) bond motifs is 5. The van der Waals surface area contributed by atoms with E-state index in [1.54, 1.807) is 26.0 Å². The second-order valence-corrected chi connectivity index (χ2v) is 18.7. The number of unbranched alkanes of at least 4 members (excludes halogenated alkanes) is 2. The van der Waals surface area contributed by atoms with Crippen molar-refractivity contribution >= 4 is 69.6 Å². The summed E-state index contributed by atoms with van der Waals surface area (Å²) < 4.78 is 21.7. The number of nitrogens with one attached hydrogen (secondary N) is 2. The summed E-state index contributed by atoms with van der Waals surface area (Å²) >= 11 is 1.44. The number of hydrogen-bond acceptors (Lipinski definition) is 13. The third-order valence-corrected chi connectivity index (χ3v) is 13.8. The second-order valence-electron chi connectivity index (χ2n) is 17.6. The fraction of sp³-hybridized carbons (Fsp3) is 0.412. The molecule has 4 amide bonds. The van der Waals surface area contributed by atoms with Crippen LogP contribution in [0.15, 0.2) is 65.5 Å². The highest BCUT2D eigenvalue weighted by molar-refractivity contribution is 7.98. The minimum atomic E-state index is -2.01. The number of aromatic nitrogens is 2. The first kappa shape index (κ1) is 50.2. The summed E-state index contributed by atoms with van der Waals surface area (Å²) in [5.74, 6) is -3.83. The Hall–Kier alpha value is -6.66. The topological polar surface area (TPSA) is 228 Å². The predicted molar refractivity (Wildman–Crippen MR) is 253 cm³/mol. The third kappa shape index (κ3) is 11.6. The number of rotatable bonds is 24. The SMILES string of the molecule is CC[C@@]1(O)C(=O)OCc2c1cc1n(c2=O)Cc2c-1nc1cc(F)c(C)cc1c2CSCCC(=O)CNC(=O)[C@@H](CC(=O)CNC(=O)CCC(=O)CCCCCN1C(=O)C=CC1=O)Cc1ccccc1. The Morgan fingerprint density at radius 3 is 2.36 bits per heavy atom. The Morgan fingerprint density at radius 1 is 0.884 bits per heavy atom. The maximum absolute atomic E-state index is 14.9. The van der Waals surface area contributed by atoms with E-state index >= 15 is 0 Å². The van der Waals surface area contributed by atoms with Gasteiger partial charge in [-0.05, 0) is 61.4 Å². The number of cyclic esters (lactones) is 1. The maximum Gasteiger partial charge on any atom is 0.343 e. The number of hydrogen-bond donors (Lipinski definition) is 3. The molecule has 18 heteroatoms. The van der Waals surface area contributed by atoms with E-state index in [1.165, 1.54) is 34.5 Å². The van der Waals surface area contributed by atoms with Gasteiger partial charge in [0.25, 0.3) is 17.4 Å². The highest BCUT2D eigenvalue weighted by Crippen LogP contribution is 2.41. The van der Waals surface area contributed by atoms with Gasteiger partial charge in [0.05, 0.1) is 42.1 Å². The van der Waals surface area contributed by atoms with Gasteiger partial charge in [-0.15, -0.1) is 0 Å². The maximum atomic E-state index is 14.9. The van der Waals surface area contributed by atoms with Crippen LogP contribution in [0.1, 0.15) is 98.1 Å². The lowest BCUT2D eigenvalue weighted by Gasteiger charge is -2.31. The zero-order chi connectivity index (χ0) is 49.4. The zero-order valence-electron chi connectivity index (χ0n) is 38.5. The van der Waals surface area contributed by atoms with E-state index in [1.807, 2.05) is 30.3 Å². The summed E-state index contributed by atoms with van der Waals surface area (Å²) in [4.78, 5) is 120. The van der Waals surface area contributed by atoms with Crippen molar-refractivity contribution in [1.29, 1.82) is 0 Å². The molecule has 4 aromatic rings. The Labute approximate surface area is 401 Å². The van der Waals surface area contributed by atoms with E-state index in [-0.39, 0.29) is 112 Å². The lowest BCUT2D eigenvalue weighted by molar-refractivity contribution is -0.172. The number of nitrogens with zero attached hydrogens (tertiary/aromatic N) is 3. The van der Waals surface area contributed by atoms with Gasteiger partial charge in [0.15, 0.2) is 17.2 Å². The average Bonchev–Trinajstić information content (AvgIpc) is 3.87. The number of ketones is 3. The number of ether oxygens (including phenoxy) is 1. The number of Topliss-reactive ketones (excluding diaryl/α,β-unsaturated/α-hetero) is 3. The van der Waals surface area contributed by atoms with E-state index in [0.717, 1.165) is 21.6 Å². The fourth-order valence-electron chi connectivity index (χ4n) is 8.82. The van der Waals surface area contributed by atoms with E-state index in [0.29, 0.717) is 58.6 Å². The first-order valence-electron chi connectivity index (χ1n) is 23.1. The minimum absolute atomic E-state index is 0.00602. The molecule has 0 saturated heterocycles. The molecule has 5 heterocycles. The van der Waals surface area contributed by atoms with E-state index < -0.39 is 46.5 Å². The van der Waals surface area contributed by atoms with Crippen molar-refractivity contribution in [1.82, 2.24) is 25.1 Å². The molecule has 7 rings (SSSR count). The molecular weight excluding hydrogens is 910 g/mol. The molecule has 2 aromatic carbocycles. The Kier molecular flexibility index (Phi) is 16.1. The normalized spacial score (nSPS) is 16.2. The number of halogens is 1. The average molecular weight is 964 g/mol. The molecular formula is C51H54FN5O11S. The lowest BCUT2D eigenvalue weighted by Crippen LogP contribution is -2.44. The van der Waals surface area contributed by atoms with E-state index in [9.17, 15) is 52.6 Å². The molecule has 0 saturated carbocycles. The number of thioether (sulfide) groups is 1. The van der Waals surface area contributed by atoms with Gasteiger partial charge >= 0.3 is 5.97 Å². The van der Waals surface area contributed by atoms with Gasteiger partial charge in [0.1, 0.15) is 18.2 Å². The number of pyridine rings is 2. The van der Waals surface area contributed by atoms with Crippen molar-refractivity contribution in [3.05, 3.63) is 110 Å². The van der Waals surface area contributed by atoms with Gasteiger partial charge in [0, 0.05) is 90.8 Å². The molecule has 0 radical (unpaired) electrons. The quantitative estimate of drug-likeness (QED) is 0.0437. The summed E-state index contributed by atoms with van der Waals surface area (Å²) in [6, 6.07) is 13.7. The molecule has 362 valence electrons. The smallest absolute Gasteiger partial charge is 0.343 e. The largest absolute Gasteiger partial charge is 0.458 e. The number of imide groups is 1. The molecule has 3 aliphatic rings. The van der Waals surface area contributed by atoms with Crippen molar-refractivity contribution in [2.75, 3.05) is 25.4 Å². The Bertz CT molecular complexity index is 2810. The molecule has 2 aromatic heterocycles. The van der Waals surface area contributed by atoms with Crippen LogP contribution in [-0.4, -0.2) is 91.9 Å². The summed E-state index contributed by atoms with van der Waals surface area (Å²) in [5, 5.41) is 17.2. The molecule has 2 atom stereocenters. The molecule has 0 unspecified atom stereocenters. The molecule has 3 N–H and O–H groups in total. The molecule has 69 heavy (non-hydrogen) atoms. The number of benzene rings is 2. The van der Waals surface area contributed by atoms with Crippen LogP contribution in [0.4, 0.5) is 4.39 Å². The van der Waals surface area contributed by atoms with E-state index in [4.69, 9.17) is 9.72 Å². The van der Waals surface area contributed by atoms with Crippen LogP contribution in [0.2, 0.25) is 0 Å². The highest BCUT2D eigenvalue weighted by atomic mass is 32.2. The standard InChI is InChI=1S/C51H54FN5O11S/c1-3-51(67)40-23-43-47-37(27-57(43)49(65)38(40)28-68-50(51)66)39(36-20-30(2)41(52)24-42(36)55-47)29-69-19-17-34(59)25-54-48(64)32(21-31-10-6-4-7-11-31)22-35(60)26-53-44(61)14-13-33(58)12-8-5-9-18-56-45(62)15-16-46(56)63/h4,6-7,10-11,15-16,20,23-24,32,67H,3,5,8-9,12-14,17-19,21-22,25-29H2,1-2H3,(H,53,61)(H,54,64)/t32-,51+/m1/s1. The molecule has 3 aliphatic heterocycles. The van der Waals surface area contributed by atoms with Crippen molar-refractivity contribution in [3.63, 3.8) is 0 Å². The number of aliphatic hydroxyl groups is 1. The van der Waals surface area contributed by atoms with Crippen LogP contribution in [0, 0.1) is 18.7 Å². The highest BCUT2D eigenvalue weighted by Gasteiger charge is 2.45. The van der Waals surface area contributed by atoms with Gasteiger partial charge in [-0.2, -0.15) is 11.8 Å². The first-order valence-corrected chi connectivity index (χ1v) is 24.3. The lowest BCUT2D eigenvalue weighted by atomic mass is 9.86. The van der Waals surface area contributed by atoms with Gasteiger partial charge in [-0.3, -0.25) is 43.3 Å². The van der Waals surface area contributed by atoms with Crippen LogP contribution < -0.4 is 16.2 Å². The van der Waals surface area contributed by atoms with E-state index in [2.05, 4.69) is 10.6 Å². The molecule has 0 bridgehead atoms. The van der Waals surface area contributed by atoms with Gasteiger partial charge in [-0.25, -0.2) is 14.2 Å². The Balaban J connectivity index is 0.900. The number of esters is 1. The first-order chi connectivity index (χ1) is 33.1. The van der Waals surface area contributed by atoms with Crippen molar-refractivity contribution in [3.8, 4) is 11.4 Å². The second kappa shape index (κ2) is 22.2. The van der Waals surface area contributed by atoms with Crippen LogP contribution in [-0.2, 0) is 74.0 Å². The molecule has 0 spiro atoms. The zero-order valence-corrected chi connectivity index (χ0v) is 39.3.